The molecule has 1 atom stereocenters. The second-order valence-electron chi connectivity index (χ2n) is 6.12. The summed E-state index contributed by atoms with van der Waals surface area (Å²) in [7, 11) is 0. The summed E-state index contributed by atoms with van der Waals surface area (Å²) >= 11 is 0. The van der Waals surface area contributed by atoms with E-state index in [0.29, 0.717) is 6.54 Å². The number of nitrogens with one attached hydrogen (secondary N) is 1. The van der Waals surface area contributed by atoms with Crippen molar-refractivity contribution in [1.29, 1.82) is 0 Å². The first-order chi connectivity index (χ1) is 11.2. The molecule has 3 rings (SSSR count). The number of nitrogens with zero attached hydrogens (tertiary/aromatic N) is 1. The Kier molecular flexibility index (Phi) is 4.86. The van der Waals surface area contributed by atoms with Gasteiger partial charge in [-0.3, -0.25) is 0 Å². The number of urea groups is 1. The summed E-state index contributed by atoms with van der Waals surface area (Å²) in [5.41, 5.74) is 1.63. The van der Waals surface area contributed by atoms with Gasteiger partial charge in [0.25, 0.3) is 0 Å². The molecule has 2 heterocycles. The molecule has 124 valence electrons. The molecular weight excluding hydrogens is 292 g/mol. The number of anilines is 1. The van der Waals surface area contributed by atoms with Gasteiger partial charge in [-0.15, -0.1) is 0 Å². The molecule has 0 radical (unpaired) electrons. The fourth-order valence-corrected chi connectivity index (χ4v) is 3.00. The molecule has 0 spiro atoms. The molecule has 1 unspecified atom stereocenters. The Balaban J connectivity index is 1.62. The number of hydrogen-bond acceptors (Lipinski definition) is 3. The largest absolute Gasteiger partial charge is 0.461 e. The Morgan fingerprint density at radius 1 is 1.43 bits per heavy atom. The lowest BCUT2D eigenvalue weighted by Crippen LogP contribution is -2.45. The average Bonchev–Trinajstić information content (AvgIpc) is 2.92. The minimum Gasteiger partial charge on any atom is -0.461 e. The monoisotopic (exact) mass is 316 g/mol. The molecule has 2 amide bonds. The molecule has 1 fully saturated rings. The molecule has 1 saturated heterocycles. The molecule has 1 N–H and O–H groups in total. The maximum absolute atomic E-state index is 12.5. The number of ether oxygens (including phenoxy) is 1. The number of fused-ring (bicyclic) bond motifs is 1. The summed E-state index contributed by atoms with van der Waals surface area (Å²) < 4.78 is 11.3. The number of aryl methyl sites for hydroxylation is 1. The van der Waals surface area contributed by atoms with Crippen molar-refractivity contribution in [3.63, 3.8) is 0 Å². The van der Waals surface area contributed by atoms with Crippen LogP contribution >= 0.6 is 0 Å². The third kappa shape index (κ3) is 3.85. The highest BCUT2D eigenvalue weighted by Crippen LogP contribution is 2.23. The number of benzene rings is 1. The molecule has 1 aromatic heterocycles. The number of hydrogen-bond donors (Lipinski definition) is 1. The van der Waals surface area contributed by atoms with Crippen molar-refractivity contribution in [3.8, 4) is 0 Å². The molecule has 0 bridgehead atoms. The van der Waals surface area contributed by atoms with Gasteiger partial charge < -0.3 is 19.4 Å². The van der Waals surface area contributed by atoms with Crippen molar-refractivity contribution in [2.45, 2.75) is 39.2 Å². The molecule has 1 aromatic carbocycles. The van der Waals surface area contributed by atoms with Gasteiger partial charge in [-0.25, -0.2) is 4.79 Å². The summed E-state index contributed by atoms with van der Waals surface area (Å²) in [5, 5.41) is 3.98. The van der Waals surface area contributed by atoms with Crippen LogP contribution < -0.4 is 5.32 Å². The van der Waals surface area contributed by atoms with Gasteiger partial charge in [0.2, 0.25) is 0 Å². The molecule has 2 aromatic rings. The van der Waals surface area contributed by atoms with E-state index in [2.05, 4.69) is 12.2 Å². The molecule has 5 heteroatoms. The summed E-state index contributed by atoms with van der Waals surface area (Å²) in [6.07, 6.45) is 3.19. The number of piperidine rings is 1. The van der Waals surface area contributed by atoms with Crippen molar-refractivity contribution < 1.29 is 13.9 Å². The van der Waals surface area contributed by atoms with Crippen LogP contribution in [-0.4, -0.2) is 36.7 Å². The van der Waals surface area contributed by atoms with Gasteiger partial charge in [0.05, 0.1) is 6.10 Å². The average molecular weight is 316 g/mol. The fourth-order valence-electron chi connectivity index (χ4n) is 3.00. The number of carbonyl (C=O) groups is 1. The fraction of sp³-hybridized carbons (Fsp3) is 0.500. The quantitative estimate of drug-likeness (QED) is 0.921. The number of furan rings is 1. The van der Waals surface area contributed by atoms with Crippen molar-refractivity contribution in [3.05, 3.63) is 30.0 Å². The minimum atomic E-state index is -0.0608. The van der Waals surface area contributed by atoms with Crippen LogP contribution in [0.15, 0.2) is 28.7 Å². The highest BCUT2D eigenvalue weighted by Gasteiger charge is 2.24. The van der Waals surface area contributed by atoms with E-state index in [4.69, 9.17) is 9.15 Å². The Labute approximate surface area is 136 Å². The summed E-state index contributed by atoms with van der Waals surface area (Å²) in [6, 6.07) is 7.62. The van der Waals surface area contributed by atoms with Crippen molar-refractivity contribution in [1.82, 2.24) is 4.90 Å². The van der Waals surface area contributed by atoms with E-state index in [-0.39, 0.29) is 12.1 Å². The van der Waals surface area contributed by atoms with E-state index in [0.717, 1.165) is 54.8 Å². The topological polar surface area (TPSA) is 54.7 Å². The zero-order valence-corrected chi connectivity index (χ0v) is 13.8. The van der Waals surface area contributed by atoms with Gasteiger partial charge in [-0.05, 0) is 50.5 Å². The smallest absolute Gasteiger partial charge is 0.321 e. The third-order valence-electron chi connectivity index (χ3n) is 4.11. The molecule has 1 aliphatic heterocycles. The van der Waals surface area contributed by atoms with Crippen LogP contribution in [0.25, 0.3) is 11.0 Å². The molecule has 5 nitrogen and oxygen atoms in total. The second kappa shape index (κ2) is 7.04. The summed E-state index contributed by atoms with van der Waals surface area (Å²) in [4.78, 5) is 14.3. The maximum atomic E-state index is 12.5. The lowest BCUT2D eigenvalue weighted by atomic mass is 10.1. The Hall–Kier alpha value is -2.01. The highest BCUT2D eigenvalue weighted by atomic mass is 16.5. The zero-order valence-electron chi connectivity index (χ0n) is 13.8. The van der Waals surface area contributed by atoms with Gasteiger partial charge >= 0.3 is 6.03 Å². The van der Waals surface area contributed by atoms with Crippen LogP contribution in [0.4, 0.5) is 10.5 Å². The summed E-state index contributed by atoms with van der Waals surface area (Å²) in [5.74, 6) is 0.871. The predicted octanol–water partition coefficient (Wildman–Crippen LogP) is 4.16. The normalized spacial score (nSPS) is 18.3. The van der Waals surface area contributed by atoms with E-state index >= 15 is 0 Å². The van der Waals surface area contributed by atoms with Crippen LogP contribution in [0.3, 0.4) is 0 Å². The van der Waals surface area contributed by atoms with Crippen LogP contribution in [-0.2, 0) is 4.74 Å². The first-order valence-corrected chi connectivity index (χ1v) is 8.33. The number of amides is 2. The van der Waals surface area contributed by atoms with Gasteiger partial charge in [0.15, 0.2) is 0 Å². The standard InChI is InChI=1S/C18H24N2O3/c1-3-9-22-16-5-4-8-20(12-16)18(21)19-15-6-7-17-14(11-15)10-13(2)23-17/h6-7,10-11,16H,3-5,8-9,12H2,1-2H3,(H,19,21). The van der Waals surface area contributed by atoms with Gasteiger partial charge in [0, 0.05) is 30.8 Å². The number of rotatable bonds is 4. The van der Waals surface area contributed by atoms with Crippen molar-refractivity contribution >= 4 is 22.7 Å². The van der Waals surface area contributed by atoms with E-state index in [1.807, 2.05) is 36.1 Å². The molecule has 23 heavy (non-hydrogen) atoms. The van der Waals surface area contributed by atoms with Gasteiger partial charge in [-0.1, -0.05) is 6.92 Å². The van der Waals surface area contributed by atoms with Crippen molar-refractivity contribution in [2.75, 3.05) is 25.0 Å². The minimum absolute atomic E-state index is 0.0608. The Morgan fingerprint density at radius 2 is 2.30 bits per heavy atom. The van der Waals surface area contributed by atoms with E-state index in [9.17, 15) is 4.79 Å². The van der Waals surface area contributed by atoms with E-state index in [1.165, 1.54) is 0 Å². The third-order valence-corrected chi connectivity index (χ3v) is 4.11. The first kappa shape index (κ1) is 15.9. The second-order valence-corrected chi connectivity index (χ2v) is 6.12. The van der Waals surface area contributed by atoms with Gasteiger partial charge in [-0.2, -0.15) is 0 Å². The predicted molar refractivity (Wildman–Crippen MR) is 90.8 cm³/mol. The number of carbonyl (C=O) groups excluding carboxylic acids is 1. The molecule has 0 aliphatic carbocycles. The van der Waals surface area contributed by atoms with Crippen LogP contribution in [0.2, 0.25) is 0 Å². The first-order valence-electron chi connectivity index (χ1n) is 8.33. The lowest BCUT2D eigenvalue weighted by Gasteiger charge is -2.32. The SMILES string of the molecule is CCCOC1CCCN(C(=O)Nc2ccc3oc(C)cc3c2)C1. The van der Waals surface area contributed by atoms with E-state index in [1.54, 1.807) is 0 Å². The van der Waals surface area contributed by atoms with Crippen LogP contribution in [0.1, 0.15) is 31.9 Å². The van der Waals surface area contributed by atoms with Crippen LogP contribution in [0.5, 0.6) is 0 Å². The Morgan fingerprint density at radius 3 is 3.13 bits per heavy atom. The van der Waals surface area contributed by atoms with Gasteiger partial charge in [0.1, 0.15) is 11.3 Å². The zero-order chi connectivity index (χ0) is 16.2. The highest BCUT2D eigenvalue weighted by molar-refractivity contribution is 5.92. The molecular formula is C18H24N2O3. The van der Waals surface area contributed by atoms with Crippen molar-refractivity contribution in [2.24, 2.45) is 0 Å². The summed E-state index contributed by atoms with van der Waals surface area (Å²) in [6.45, 7) is 6.23. The van der Waals surface area contributed by atoms with Crippen LogP contribution in [0, 0.1) is 6.92 Å². The Bertz CT molecular complexity index is 680. The number of likely N-dealkylation sites (tertiary alicyclic amines) is 1. The lowest BCUT2D eigenvalue weighted by molar-refractivity contribution is 0.0115. The van der Waals surface area contributed by atoms with E-state index < -0.39 is 0 Å². The maximum Gasteiger partial charge on any atom is 0.321 e. The molecule has 1 aliphatic rings. The molecule has 0 saturated carbocycles.